The van der Waals surface area contributed by atoms with E-state index in [1.165, 1.54) is 12.1 Å². The lowest BCUT2D eigenvalue weighted by Gasteiger charge is -2.37. The summed E-state index contributed by atoms with van der Waals surface area (Å²) in [6, 6.07) is 13.4. The summed E-state index contributed by atoms with van der Waals surface area (Å²) in [7, 11) is -3.71. The highest BCUT2D eigenvalue weighted by Gasteiger charge is 2.32. The minimum Gasteiger partial charge on any atom is -0.492 e. The van der Waals surface area contributed by atoms with Gasteiger partial charge in [-0.2, -0.15) is 0 Å². The van der Waals surface area contributed by atoms with Crippen LogP contribution in [0.5, 0.6) is 17.2 Å². The minimum atomic E-state index is -3.71. The van der Waals surface area contributed by atoms with Crippen molar-refractivity contribution in [3.05, 3.63) is 48.5 Å². The summed E-state index contributed by atoms with van der Waals surface area (Å²) in [6.07, 6.45) is -0.620. The van der Waals surface area contributed by atoms with Gasteiger partial charge in [0.05, 0.1) is 4.90 Å². The normalized spacial score (nSPS) is 19.1. The highest BCUT2D eigenvalue weighted by molar-refractivity contribution is 7.89. The molecule has 1 unspecified atom stereocenters. The predicted molar refractivity (Wildman–Crippen MR) is 113 cm³/mol. The topological polar surface area (TPSA) is 111 Å². The quantitative estimate of drug-likeness (QED) is 0.694. The van der Waals surface area contributed by atoms with Gasteiger partial charge in [0.2, 0.25) is 16.1 Å². The molecule has 0 spiro atoms. The molecule has 1 atom stereocenters. The van der Waals surface area contributed by atoms with E-state index < -0.39 is 16.1 Å². The number of carbonyl (C=O) groups excluding carboxylic acids is 1. The second kappa shape index (κ2) is 9.13. The Labute approximate surface area is 181 Å². The van der Waals surface area contributed by atoms with Crippen molar-refractivity contribution in [1.82, 2.24) is 9.80 Å². The predicted octanol–water partition coefficient (Wildman–Crippen LogP) is 0.697. The fraction of sp³-hybridized carbons (Fsp3) is 0.381. The molecule has 31 heavy (non-hydrogen) atoms. The molecule has 2 heterocycles. The molecule has 4 rings (SSSR count). The molecule has 0 bridgehead atoms. The molecule has 2 aromatic rings. The number of amides is 1. The van der Waals surface area contributed by atoms with E-state index in [4.69, 9.17) is 19.3 Å². The summed E-state index contributed by atoms with van der Waals surface area (Å²) in [5, 5.41) is 5.09. The first-order valence-corrected chi connectivity index (χ1v) is 11.6. The molecule has 9 nitrogen and oxygen atoms in total. The maximum absolute atomic E-state index is 12.8. The molecule has 1 saturated heterocycles. The Morgan fingerprint density at radius 1 is 1.03 bits per heavy atom. The van der Waals surface area contributed by atoms with Gasteiger partial charge in [-0.3, -0.25) is 9.69 Å². The number of ether oxygens (including phenoxy) is 3. The summed E-state index contributed by atoms with van der Waals surface area (Å²) < 4.78 is 39.7. The number of hydrogen-bond acceptors (Lipinski definition) is 7. The van der Waals surface area contributed by atoms with Crippen molar-refractivity contribution in [3.8, 4) is 17.2 Å². The van der Waals surface area contributed by atoms with Crippen LogP contribution in [0.3, 0.4) is 0 Å². The van der Waals surface area contributed by atoms with Crippen LogP contribution >= 0.6 is 0 Å². The lowest BCUT2D eigenvalue weighted by atomic mass is 10.2. The summed E-state index contributed by atoms with van der Waals surface area (Å²) in [4.78, 5) is 16.9. The van der Waals surface area contributed by atoms with Gasteiger partial charge in [0.15, 0.2) is 11.5 Å². The zero-order valence-electron chi connectivity index (χ0n) is 17.0. The SMILES string of the molecule is NS(=O)(=O)c1ccc(OCCN2CCN(C(=O)C3COc4ccccc4O3)CC2)cc1. The Balaban J connectivity index is 1.20. The number of carbonyl (C=O) groups is 1. The van der Waals surface area contributed by atoms with Crippen molar-refractivity contribution in [1.29, 1.82) is 0 Å². The van der Waals surface area contributed by atoms with E-state index in [0.29, 0.717) is 43.5 Å². The second-order valence-electron chi connectivity index (χ2n) is 7.40. The van der Waals surface area contributed by atoms with E-state index >= 15 is 0 Å². The molecular weight excluding hydrogens is 422 g/mol. The fourth-order valence-electron chi connectivity index (χ4n) is 3.55. The Bertz CT molecular complexity index is 1020. The molecule has 2 aromatic carbocycles. The second-order valence-corrected chi connectivity index (χ2v) is 8.96. The number of hydrogen-bond donors (Lipinski definition) is 1. The molecule has 10 heteroatoms. The number of nitrogens with zero attached hydrogens (tertiary/aromatic N) is 2. The molecule has 2 N–H and O–H groups in total. The standard InChI is InChI=1S/C21H25N3O6S/c22-31(26,27)17-7-5-16(6-8-17)28-14-13-23-9-11-24(12-10-23)21(25)20-15-29-18-3-1-2-4-19(18)30-20/h1-8,20H,9-15H2,(H2,22,26,27). The highest BCUT2D eigenvalue weighted by Crippen LogP contribution is 2.31. The van der Waals surface area contributed by atoms with Crippen molar-refractivity contribution in [2.75, 3.05) is 45.9 Å². The first-order valence-electron chi connectivity index (χ1n) is 10.1. The van der Waals surface area contributed by atoms with Gasteiger partial charge in [0.1, 0.15) is 19.0 Å². The number of primary sulfonamides is 1. The Morgan fingerprint density at radius 2 is 1.71 bits per heavy atom. The summed E-state index contributed by atoms with van der Waals surface area (Å²) in [6.45, 7) is 4.09. The van der Waals surface area contributed by atoms with Crippen LogP contribution in [-0.2, 0) is 14.8 Å². The van der Waals surface area contributed by atoms with Crippen LogP contribution in [0.25, 0.3) is 0 Å². The molecule has 2 aliphatic heterocycles. The van der Waals surface area contributed by atoms with Crippen LogP contribution in [0.15, 0.2) is 53.4 Å². The first kappa shape index (κ1) is 21.4. The molecule has 0 aromatic heterocycles. The molecule has 1 fully saturated rings. The lowest BCUT2D eigenvalue weighted by Crippen LogP contribution is -2.54. The van der Waals surface area contributed by atoms with Crippen LogP contribution in [0.1, 0.15) is 0 Å². The van der Waals surface area contributed by atoms with Crippen molar-refractivity contribution < 1.29 is 27.4 Å². The molecule has 166 valence electrons. The van der Waals surface area contributed by atoms with Crippen LogP contribution < -0.4 is 19.3 Å². The lowest BCUT2D eigenvalue weighted by molar-refractivity contribution is -0.143. The van der Waals surface area contributed by atoms with Crippen molar-refractivity contribution in [2.24, 2.45) is 5.14 Å². The van der Waals surface area contributed by atoms with Crippen molar-refractivity contribution in [2.45, 2.75) is 11.0 Å². The zero-order valence-corrected chi connectivity index (χ0v) is 17.8. The van der Waals surface area contributed by atoms with Crippen LogP contribution in [0.2, 0.25) is 0 Å². The molecule has 0 radical (unpaired) electrons. The van der Waals surface area contributed by atoms with E-state index in [2.05, 4.69) is 4.90 Å². The van der Waals surface area contributed by atoms with E-state index in [1.54, 1.807) is 18.2 Å². The Hall–Kier alpha value is -2.82. The van der Waals surface area contributed by atoms with E-state index in [9.17, 15) is 13.2 Å². The molecule has 1 amide bonds. The molecular formula is C21H25N3O6S. The van der Waals surface area contributed by atoms with Gasteiger partial charge < -0.3 is 19.1 Å². The molecule has 0 saturated carbocycles. The maximum atomic E-state index is 12.8. The molecule has 2 aliphatic rings. The number of para-hydroxylation sites is 2. The van der Waals surface area contributed by atoms with Crippen LogP contribution in [0, 0.1) is 0 Å². The number of benzene rings is 2. The van der Waals surface area contributed by atoms with Gasteiger partial charge >= 0.3 is 0 Å². The van der Waals surface area contributed by atoms with Gasteiger partial charge in [-0.05, 0) is 36.4 Å². The summed E-state index contributed by atoms with van der Waals surface area (Å²) in [5.74, 6) is 1.78. The van der Waals surface area contributed by atoms with E-state index in [0.717, 1.165) is 13.1 Å². The smallest absolute Gasteiger partial charge is 0.267 e. The fourth-order valence-corrected chi connectivity index (χ4v) is 4.07. The van der Waals surface area contributed by atoms with Crippen LogP contribution in [-0.4, -0.2) is 76.2 Å². The number of nitrogens with two attached hydrogens (primary N) is 1. The first-order chi connectivity index (χ1) is 14.9. The average molecular weight is 448 g/mol. The van der Waals surface area contributed by atoms with Crippen LogP contribution in [0.4, 0.5) is 0 Å². The van der Waals surface area contributed by atoms with Gasteiger partial charge in [-0.15, -0.1) is 0 Å². The maximum Gasteiger partial charge on any atom is 0.267 e. The van der Waals surface area contributed by atoms with E-state index in [1.807, 2.05) is 23.1 Å². The van der Waals surface area contributed by atoms with E-state index in [-0.39, 0.29) is 17.4 Å². The van der Waals surface area contributed by atoms with Gasteiger partial charge in [-0.25, -0.2) is 13.6 Å². The Kier molecular flexibility index (Phi) is 6.30. The largest absolute Gasteiger partial charge is 0.492 e. The van der Waals surface area contributed by atoms with Gasteiger partial charge in [0, 0.05) is 32.7 Å². The minimum absolute atomic E-state index is 0.0523. The highest BCUT2D eigenvalue weighted by atomic mass is 32.2. The Morgan fingerprint density at radius 3 is 2.39 bits per heavy atom. The third-order valence-corrected chi connectivity index (χ3v) is 6.23. The van der Waals surface area contributed by atoms with Crippen molar-refractivity contribution in [3.63, 3.8) is 0 Å². The average Bonchev–Trinajstić information content (AvgIpc) is 2.78. The van der Waals surface area contributed by atoms with Crippen molar-refractivity contribution >= 4 is 15.9 Å². The number of sulfonamides is 1. The third-order valence-electron chi connectivity index (χ3n) is 5.30. The molecule has 0 aliphatic carbocycles. The monoisotopic (exact) mass is 447 g/mol. The number of fused-ring (bicyclic) bond motifs is 1. The number of piperazine rings is 1. The zero-order chi connectivity index (χ0) is 21.8. The summed E-state index contributed by atoms with van der Waals surface area (Å²) in [5.41, 5.74) is 0. The number of rotatable bonds is 6. The summed E-state index contributed by atoms with van der Waals surface area (Å²) >= 11 is 0. The van der Waals surface area contributed by atoms with Gasteiger partial charge in [0.25, 0.3) is 5.91 Å². The third kappa shape index (κ3) is 5.27. The van der Waals surface area contributed by atoms with Gasteiger partial charge in [-0.1, -0.05) is 12.1 Å².